The molecule has 3 nitrogen and oxygen atoms in total. The van der Waals surface area contributed by atoms with Gasteiger partial charge in [0.25, 0.3) is 5.91 Å². The molecule has 0 saturated carbocycles. The van der Waals surface area contributed by atoms with E-state index in [1.54, 1.807) is 6.07 Å². The van der Waals surface area contributed by atoms with Crippen LogP contribution in [-0.4, -0.2) is 28.9 Å². The van der Waals surface area contributed by atoms with Gasteiger partial charge in [-0.05, 0) is 37.3 Å². The fraction of sp³-hybridized carbons (Fsp3) is 0.647. The normalized spacial score (nSPS) is 16.2. The number of nitrogens with zero attached hydrogens (tertiary/aromatic N) is 2. The summed E-state index contributed by atoms with van der Waals surface area (Å²) in [5.41, 5.74) is 1.60. The maximum atomic E-state index is 12.6. The van der Waals surface area contributed by atoms with Gasteiger partial charge in [0.1, 0.15) is 5.15 Å². The second-order valence-electron chi connectivity index (χ2n) is 5.94. The maximum Gasteiger partial charge on any atom is 0.254 e. The van der Waals surface area contributed by atoms with Crippen molar-refractivity contribution in [2.75, 3.05) is 13.1 Å². The maximum absolute atomic E-state index is 12.6. The lowest BCUT2D eigenvalue weighted by molar-refractivity contribution is 0.0686. The lowest BCUT2D eigenvalue weighted by Gasteiger charge is -2.32. The molecule has 2 heterocycles. The number of hydrogen-bond acceptors (Lipinski definition) is 2. The number of pyridine rings is 1. The van der Waals surface area contributed by atoms with E-state index in [9.17, 15) is 4.79 Å². The Hall–Kier alpha value is -1.09. The fourth-order valence-corrected chi connectivity index (χ4v) is 3.30. The highest BCUT2D eigenvalue weighted by Gasteiger charge is 2.23. The highest BCUT2D eigenvalue weighted by atomic mass is 35.5. The van der Waals surface area contributed by atoms with Gasteiger partial charge in [0, 0.05) is 24.3 Å². The molecule has 2 rings (SSSR count). The Bertz CT molecular complexity index is 482. The number of carbonyl (C=O) groups excluding carboxylic acids is 1. The zero-order valence-corrected chi connectivity index (χ0v) is 13.8. The van der Waals surface area contributed by atoms with Gasteiger partial charge in [0.15, 0.2) is 0 Å². The van der Waals surface area contributed by atoms with E-state index in [4.69, 9.17) is 11.6 Å². The lowest BCUT2D eigenvalue weighted by atomic mass is 9.92. The van der Waals surface area contributed by atoms with Crippen LogP contribution >= 0.6 is 11.6 Å². The Morgan fingerprint density at radius 1 is 1.29 bits per heavy atom. The van der Waals surface area contributed by atoms with Crippen LogP contribution in [0.1, 0.15) is 62.0 Å². The van der Waals surface area contributed by atoms with Crippen LogP contribution in [0.25, 0.3) is 0 Å². The summed E-state index contributed by atoms with van der Waals surface area (Å²) in [6.45, 7) is 6.06. The molecule has 0 N–H and O–H groups in total. The summed E-state index contributed by atoms with van der Waals surface area (Å²) in [4.78, 5) is 18.9. The largest absolute Gasteiger partial charge is 0.339 e. The summed E-state index contributed by atoms with van der Waals surface area (Å²) in [5.74, 6) is 0.891. The number of likely N-dealkylation sites (tertiary alicyclic amines) is 1. The predicted octanol–water partition coefficient (Wildman–Crippen LogP) is 4.34. The van der Waals surface area contributed by atoms with Crippen molar-refractivity contribution >= 4 is 17.5 Å². The Morgan fingerprint density at radius 3 is 2.62 bits per heavy atom. The average molecular weight is 309 g/mol. The van der Waals surface area contributed by atoms with Crippen molar-refractivity contribution in [2.45, 2.75) is 52.4 Å². The third kappa shape index (κ3) is 4.44. The fourth-order valence-electron chi connectivity index (χ4n) is 3.07. The standard InChI is InChI=1S/C17H25ClN2O/c1-3-5-13-7-9-20(10-8-13)17(21)14-11-15(6-4-2)19-16(18)12-14/h11-13H,3-10H2,1-2H3. The van der Waals surface area contributed by atoms with Gasteiger partial charge in [-0.3, -0.25) is 4.79 Å². The minimum absolute atomic E-state index is 0.103. The van der Waals surface area contributed by atoms with Gasteiger partial charge in [-0.1, -0.05) is 44.7 Å². The number of aromatic nitrogens is 1. The van der Waals surface area contributed by atoms with Crippen LogP contribution in [0.4, 0.5) is 0 Å². The first-order valence-corrected chi connectivity index (χ1v) is 8.47. The highest BCUT2D eigenvalue weighted by Crippen LogP contribution is 2.23. The third-order valence-corrected chi connectivity index (χ3v) is 4.39. The summed E-state index contributed by atoms with van der Waals surface area (Å²) >= 11 is 6.05. The van der Waals surface area contributed by atoms with Crippen LogP contribution in [-0.2, 0) is 6.42 Å². The van der Waals surface area contributed by atoms with Crippen LogP contribution in [0.5, 0.6) is 0 Å². The molecule has 116 valence electrons. The molecular formula is C17H25ClN2O. The molecule has 1 aliphatic rings. The molecule has 1 aromatic heterocycles. The number of halogens is 1. The van der Waals surface area contributed by atoms with Crippen molar-refractivity contribution in [1.82, 2.24) is 9.88 Å². The number of rotatable bonds is 5. The first kappa shape index (κ1) is 16.3. The summed E-state index contributed by atoms with van der Waals surface area (Å²) in [6, 6.07) is 3.59. The van der Waals surface area contributed by atoms with E-state index in [0.29, 0.717) is 10.7 Å². The summed E-state index contributed by atoms with van der Waals surface area (Å²) < 4.78 is 0. The minimum Gasteiger partial charge on any atom is -0.339 e. The molecule has 1 saturated heterocycles. The first-order valence-electron chi connectivity index (χ1n) is 8.09. The average Bonchev–Trinajstić information content (AvgIpc) is 2.47. The first-order chi connectivity index (χ1) is 10.1. The summed E-state index contributed by atoms with van der Waals surface area (Å²) in [6.07, 6.45) is 6.63. The topological polar surface area (TPSA) is 33.2 Å². The monoisotopic (exact) mass is 308 g/mol. The Labute approximate surface area is 132 Å². The summed E-state index contributed by atoms with van der Waals surface area (Å²) in [7, 11) is 0. The van der Waals surface area contributed by atoms with Gasteiger partial charge < -0.3 is 4.90 Å². The van der Waals surface area contributed by atoms with Crippen LogP contribution < -0.4 is 0 Å². The van der Waals surface area contributed by atoms with Crippen molar-refractivity contribution in [1.29, 1.82) is 0 Å². The van der Waals surface area contributed by atoms with Crippen molar-refractivity contribution < 1.29 is 4.79 Å². The van der Waals surface area contributed by atoms with Gasteiger partial charge in [-0.25, -0.2) is 4.98 Å². The Balaban J connectivity index is 2.03. The molecule has 0 aliphatic carbocycles. The van der Waals surface area contributed by atoms with Crippen LogP contribution in [0, 0.1) is 5.92 Å². The van der Waals surface area contributed by atoms with Crippen molar-refractivity contribution in [3.8, 4) is 0 Å². The summed E-state index contributed by atoms with van der Waals surface area (Å²) in [5, 5.41) is 0.421. The van der Waals surface area contributed by atoms with Gasteiger partial charge in [-0.15, -0.1) is 0 Å². The van der Waals surface area contributed by atoms with E-state index >= 15 is 0 Å². The molecule has 0 bridgehead atoms. The third-order valence-electron chi connectivity index (χ3n) is 4.20. The van der Waals surface area contributed by atoms with Gasteiger partial charge in [0.05, 0.1) is 0 Å². The highest BCUT2D eigenvalue weighted by molar-refractivity contribution is 6.29. The number of carbonyl (C=O) groups is 1. The molecule has 1 aromatic rings. The smallest absolute Gasteiger partial charge is 0.254 e. The molecule has 0 atom stereocenters. The second-order valence-corrected chi connectivity index (χ2v) is 6.33. The number of piperidine rings is 1. The van der Waals surface area contributed by atoms with E-state index in [1.165, 1.54) is 12.8 Å². The molecule has 0 aromatic carbocycles. The van der Waals surface area contributed by atoms with Crippen LogP contribution in [0.15, 0.2) is 12.1 Å². The molecule has 21 heavy (non-hydrogen) atoms. The van der Waals surface area contributed by atoms with E-state index in [2.05, 4.69) is 18.8 Å². The van der Waals surface area contributed by atoms with Crippen LogP contribution in [0.3, 0.4) is 0 Å². The van der Waals surface area contributed by atoms with E-state index in [0.717, 1.165) is 50.4 Å². The van der Waals surface area contributed by atoms with Crippen molar-refractivity contribution in [3.05, 3.63) is 28.5 Å². The number of amides is 1. The second kappa shape index (κ2) is 7.79. The molecule has 1 aliphatic heterocycles. The molecule has 0 unspecified atom stereocenters. The van der Waals surface area contributed by atoms with E-state index in [1.807, 2.05) is 11.0 Å². The molecule has 1 amide bonds. The predicted molar refractivity (Wildman–Crippen MR) is 86.8 cm³/mol. The molecule has 1 fully saturated rings. The van der Waals surface area contributed by atoms with Crippen molar-refractivity contribution in [3.63, 3.8) is 0 Å². The molecule has 0 spiro atoms. The van der Waals surface area contributed by atoms with E-state index < -0.39 is 0 Å². The zero-order chi connectivity index (χ0) is 15.2. The van der Waals surface area contributed by atoms with Gasteiger partial charge in [-0.2, -0.15) is 0 Å². The SMILES string of the molecule is CCCc1cc(C(=O)N2CCC(CCC)CC2)cc(Cl)n1. The minimum atomic E-state index is 0.103. The van der Waals surface area contributed by atoms with Gasteiger partial charge >= 0.3 is 0 Å². The number of hydrogen-bond donors (Lipinski definition) is 0. The van der Waals surface area contributed by atoms with E-state index in [-0.39, 0.29) is 5.91 Å². The van der Waals surface area contributed by atoms with Crippen LogP contribution in [0.2, 0.25) is 5.15 Å². The zero-order valence-electron chi connectivity index (χ0n) is 13.1. The van der Waals surface area contributed by atoms with Gasteiger partial charge in [0.2, 0.25) is 0 Å². The molecular weight excluding hydrogens is 284 g/mol. The Kier molecular flexibility index (Phi) is 6.04. The Morgan fingerprint density at radius 2 is 2.00 bits per heavy atom. The lowest BCUT2D eigenvalue weighted by Crippen LogP contribution is -2.38. The molecule has 0 radical (unpaired) electrons. The van der Waals surface area contributed by atoms with Crippen molar-refractivity contribution in [2.24, 2.45) is 5.92 Å². The molecule has 4 heteroatoms. The quantitative estimate of drug-likeness (QED) is 0.758. The number of aryl methyl sites for hydroxylation is 1.